The minimum absolute atomic E-state index is 0.124. The average molecular weight is 228 g/mol. The summed E-state index contributed by atoms with van der Waals surface area (Å²) in [6.45, 7) is 0. The molecule has 3 aromatic rings. The zero-order valence-electron chi connectivity index (χ0n) is 8.68. The maximum atomic E-state index is 11.2. The van der Waals surface area contributed by atoms with Crippen molar-refractivity contribution in [2.75, 3.05) is 0 Å². The number of nitrogens with zero attached hydrogens (tertiary/aromatic N) is 2. The highest BCUT2D eigenvalue weighted by Crippen LogP contribution is 2.29. The second kappa shape index (κ2) is 3.44. The molecule has 0 bridgehead atoms. The van der Waals surface area contributed by atoms with Gasteiger partial charge in [-0.2, -0.15) is 15.4 Å². The number of amides is 1. The molecule has 1 amide bonds. The van der Waals surface area contributed by atoms with Crippen LogP contribution in [0.1, 0.15) is 10.5 Å². The largest absolute Gasteiger partial charge is 0.464 e. The molecular weight excluding hydrogens is 220 g/mol. The van der Waals surface area contributed by atoms with Gasteiger partial charge < -0.3 is 10.2 Å². The third-order valence-corrected chi connectivity index (χ3v) is 2.53. The Labute approximate surface area is 95.4 Å². The van der Waals surface area contributed by atoms with E-state index in [2.05, 4.69) is 15.4 Å². The number of benzene rings is 1. The van der Waals surface area contributed by atoms with Gasteiger partial charge in [-0.05, 0) is 12.1 Å². The lowest BCUT2D eigenvalue weighted by atomic mass is 10.1. The van der Waals surface area contributed by atoms with Gasteiger partial charge in [0.2, 0.25) is 0 Å². The van der Waals surface area contributed by atoms with Gasteiger partial charge in [0.1, 0.15) is 11.3 Å². The zero-order valence-corrected chi connectivity index (χ0v) is 8.68. The lowest BCUT2D eigenvalue weighted by Crippen LogP contribution is -2.12. The molecule has 84 valence electrons. The molecule has 17 heavy (non-hydrogen) atoms. The Hall–Kier alpha value is -2.63. The van der Waals surface area contributed by atoms with Crippen LogP contribution in [0, 0.1) is 0 Å². The fourth-order valence-electron chi connectivity index (χ4n) is 1.79. The minimum atomic E-state index is -0.616. The number of H-pyrrole nitrogens is 1. The molecule has 0 saturated heterocycles. The van der Waals surface area contributed by atoms with E-state index in [1.165, 1.54) is 0 Å². The molecule has 0 aliphatic heterocycles. The quantitative estimate of drug-likeness (QED) is 0.691. The Kier molecular flexibility index (Phi) is 1.94. The summed E-state index contributed by atoms with van der Waals surface area (Å²) in [7, 11) is 0. The van der Waals surface area contributed by atoms with E-state index in [1.807, 2.05) is 24.3 Å². The van der Waals surface area contributed by atoms with Gasteiger partial charge in [-0.3, -0.25) is 4.79 Å². The van der Waals surface area contributed by atoms with E-state index in [1.54, 1.807) is 6.26 Å². The monoisotopic (exact) mass is 228 g/mol. The van der Waals surface area contributed by atoms with Gasteiger partial charge in [0, 0.05) is 10.9 Å². The summed E-state index contributed by atoms with van der Waals surface area (Å²) < 4.78 is 5.28. The molecule has 0 radical (unpaired) electrons. The van der Waals surface area contributed by atoms with Crippen molar-refractivity contribution in [1.29, 1.82) is 0 Å². The van der Waals surface area contributed by atoms with E-state index in [0.717, 1.165) is 16.5 Å². The van der Waals surface area contributed by atoms with Crippen LogP contribution < -0.4 is 5.73 Å². The standard InChI is InChI=1S/C11H8N4O2/c12-11(16)10-9(13-15-14-10)7-2-1-3-8-6(7)4-5-17-8/h1-5H,(H2,12,16)(H,13,14,15). The summed E-state index contributed by atoms with van der Waals surface area (Å²) in [6.07, 6.45) is 1.58. The fraction of sp³-hybridized carbons (Fsp3) is 0. The summed E-state index contributed by atoms with van der Waals surface area (Å²) in [4.78, 5) is 11.2. The SMILES string of the molecule is NC(=O)c1n[nH]nc1-c1cccc2occc12. The van der Waals surface area contributed by atoms with E-state index in [0.29, 0.717) is 5.69 Å². The maximum Gasteiger partial charge on any atom is 0.271 e. The molecular formula is C11H8N4O2. The number of primary amides is 1. The topological polar surface area (TPSA) is 97.8 Å². The number of nitrogens with two attached hydrogens (primary N) is 1. The average Bonchev–Trinajstić information content (AvgIpc) is 2.97. The van der Waals surface area contributed by atoms with Gasteiger partial charge in [0.15, 0.2) is 5.69 Å². The Morgan fingerprint density at radius 2 is 2.18 bits per heavy atom. The lowest BCUT2D eigenvalue weighted by molar-refractivity contribution is 0.0996. The van der Waals surface area contributed by atoms with Gasteiger partial charge in [0.05, 0.1) is 6.26 Å². The molecule has 6 heteroatoms. The van der Waals surface area contributed by atoms with E-state index in [9.17, 15) is 4.79 Å². The molecule has 2 heterocycles. The molecule has 0 aliphatic carbocycles. The Bertz CT molecular complexity index is 698. The van der Waals surface area contributed by atoms with Gasteiger partial charge >= 0.3 is 0 Å². The first-order valence-corrected chi connectivity index (χ1v) is 4.94. The van der Waals surface area contributed by atoms with Crippen molar-refractivity contribution in [2.45, 2.75) is 0 Å². The fourth-order valence-corrected chi connectivity index (χ4v) is 1.79. The van der Waals surface area contributed by atoms with Crippen LogP contribution in [0.25, 0.3) is 22.2 Å². The number of aromatic amines is 1. The predicted octanol–water partition coefficient (Wildman–Crippen LogP) is 1.32. The molecule has 3 N–H and O–H groups in total. The summed E-state index contributed by atoms with van der Waals surface area (Å²) >= 11 is 0. The summed E-state index contributed by atoms with van der Waals surface area (Å²) in [6, 6.07) is 7.30. The predicted molar refractivity (Wildman–Crippen MR) is 60.1 cm³/mol. The number of fused-ring (bicyclic) bond motifs is 1. The molecule has 0 spiro atoms. The number of aromatic nitrogens is 3. The number of hydrogen-bond donors (Lipinski definition) is 2. The summed E-state index contributed by atoms with van der Waals surface area (Å²) in [5.41, 5.74) is 7.28. The van der Waals surface area contributed by atoms with Crippen molar-refractivity contribution in [1.82, 2.24) is 15.4 Å². The summed E-state index contributed by atoms with van der Waals surface area (Å²) in [5, 5.41) is 11.0. The van der Waals surface area contributed by atoms with Crippen LogP contribution in [0.4, 0.5) is 0 Å². The zero-order chi connectivity index (χ0) is 11.8. The molecule has 1 aromatic carbocycles. The van der Waals surface area contributed by atoms with Crippen LogP contribution in [0.2, 0.25) is 0 Å². The van der Waals surface area contributed by atoms with Crippen molar-refractivity contribution < 1.29 is 9.21 Å². The highest BCUT2D eigenvalue weighted by molar-refractivity contribution is 6.01. The third kappa shape index (κ3) is 1.38. The number of rotatable bonds is 2. The molecule has 6 nitrogen and oxygen atoms in total. The van der Waals surface area contributed by atoms with Crippen LogP contribution in [-0.4, -0.2) is 21.3 Å². The van der Waals surface area contributed by atoms with E-state index in [-0.39, 0.29) is 5.69 Å². The molecule has 0 saturated carbocycles. The van der Waals surface area contributed by atoms with Crippen LogP contribution in [0.5, 0.6) is 0 Å². The molecule has 0 fully saturated rings. The number of hydrogen-bond acceptors (Lipinski definition) is 4. The first kappa shape index (κ1) is 9.59. The van der Waals surface area contributed by atoms with Crippen molar-refractivity contribution >= 4 is 16.9 Å². The summed E-state index contributed by atoms with van der Waals surface area (Å²) in [5.74, 6) is -0.616. The Morgan fingerprint density at radius 3 is 3.00 bits per heavy atom. The maximum absolute atomic E-state index is 11.2. The van der Waals surface area contributed by atoms with Crippen molar-refractivity contribution in [3.8, 4) is 11.3 Å². The first-order valence-electron chi connectivity index (χ1n) is 4.94. The van der Waals surface area contributed by atoms with Crippen LogP contribution >= 0.6 is 0 Å². The van der Waals surface area contributed by atoms with E-state index in [4.69, 9.17) is 10.2 Å². The number of nitrogens with one attached hydrogen (secondary N) is 1. The first-order chi connectivity index (χ1) is 8.27. The third-order valence-electron chi connectivity index (χ3n) is 2.53. The van der Waals surface area contributed by atoms with Crippen LogP contribution in [-0.2, 0) is 0 Å². The van der Waals surface area contributed by atoms with Crippen LogP contribution in [0.3, 0.4) is 0 Å². The number of carbonyl (C=O) groups is 1. The van der Waals surface area contributed by atoms with Gasteiger partial charge in [-0.15, -0.1) is 0 Å². The van der Waals surface area contributed by atoms with Crippen LogP contribution in [0.15, 0.2) is 34.9 Å². The molecule has 0 atom stereocenters. The number of carbonyl (C=O) groups excluding carboxylic acids is 1. The highest BCUT2D eigenvalue weighted by Gasteiger charge is 2.17. The molecule has 2 aromatic heterocycles. The normalized spacial score (nSPS) is 10.8. The van der Waals surface area contributed by atoms with Crippen molar-refractivity contribution in [2.24, 2.45) is 5.73 Å². The highest BCUT2D eigenvalue weighted by atomic mass is 16.3. The lowest BCUT2D eigenvalue weighted by Gasteiger charge is -1.99. The van der Waals surface area contributed by atoms with Gasteiger partial charge in [0.25, 0.3) is 5.91 Å². The smallest absolute Gasteiger partial charge is 0.271 e. The Morgan fingerprint density at radius 1 is 1.29 bits per heavy atom. The minimum Gasteiger partial charge on any atom is -0.464 e. The molecule has 0 aliphatic rings. The second-order valence-corrected chi connectivity index (χ2v) is 3.52. The van der Waals surface area contributed by atoms with Crippen molar-refractivity contribution in [3.63, 3.8) is 0 Å². The second-order valence-electron chi connectivity index (χ2n) is 3.52. The van der Waals surface area contributed by atoms with Gasteiger partial charge in [-0.1, -0.05) is 12.1 Å². The number of furan rings is 1. The molecule has 0 unspecified atom stereocenters. The van der Waals surface area contributed by atoms with Gasteiger partial charge in [-0.25, -0.2) is 0 Å². The van der Waals surface area contributed by atoms with E-state index >= 15 is 0 Å². The Balaban J connectivity index is 2.30. The molecule has 3 rings (SSSR count). The van der Waals surface area contributed by atoms with Crippen molar-refractivity contribution in [3.05, 3.63) is 36.2 Å². The van der Waals surface area contributed by atoms with E-state index < -0.39 is 5.91 Å².